The third-order valence-corrected chi connectivity index (χ3v) is 5.15. The van der Waals surface area contributed by atoms with Gasteiger partial charge < -0.3 is 9.84 Å². The topological polar surface area (TPSA) is 113 Å². The molecule has 2 N–H and O–H groups in total. The molecular weight excluding hydrogens is 391 g/mol. The summed E-state index contributed by atoms with van der Waals surface area (Å²) in [6, 6.07) is 11.2. The van der Waals surface area contributed by atoms with Crippen LogP contribution in [0.5, 0.6) is 5.75 Å². The first kappa shape index (κ1) is 19.4. The molecule has 0 bridgehead atoms. The molecule has 146 valence electrons. The Kier molecular flexibility index (Phi) is 5.32. The highest BCUT2D eigenvalue weighted by Gasteiger charge is 2.37. The first-order valence-corrected chi connectivity index (χ1v) is 9.45. The van der Waals surface area contributed by atoms with Crippen molar-refractivity contribution < 1.29 is 32.2 Å². The van der Waals surface area contributed by atoms with Crippen LogP contribution in [0.4, 0.5) is 10.1 Å². The van der Waals surface area contributed by atoms with Crippen LogP contribution in [0.2, 0.25) is 0 Å². The molecule has 0 unspecified atom stereocenters. The van der Waals surface area contributed by atoms with Crippen molar-refractivity contribution in [3.8, 4) is 5.75 Å². The molecule has 10 heteroatoms. The molecule has 0 saturated carbocycles. The third-order valence-electron chi connectivity index (χ3n) is 3.78. The van der Waals surface area contributed by atoms with Crippen LogP contribution in [0.15, 0.2) is 48.5 Å². The van der Waals surface area contributed by atoms with Crippen molar-refractivity contribution >= 4 is 33.8 Å². The highest BCUT2D eigenvalue weighted by atomic mass is 32.2. The van der Waals surface area contributed by atoms with Gasteiger partial charge in [-0.05, 0) is 29.3 Å². The SMILES string of the molecule is O=C(O)/C=C/c1cc(F)c(N2CC(=O)NS2(=O)=O)c(OCc2ccccc2)c1. The van der Waals surface area contributed by atoms with Crippen LogP contribution >= 0.6 is 0 Å². The van der Waals surface area contributed by atoms with Gasteiger partial charge in [-0.2, -0.15) is 8.42 Å². The number of rotatable bonds is 6. The van der Waals surface area contributed by atoms with Crippen LogP contribution in [-0.2, 0) is 26.4 Å². The Hall–Kier alpha value is -3.40. The number of amides is 1. The van der Waals surface area contributed by atoms with Gasteiger partial charge in [0.2, 0.25) is 0 Å². The minimum absolute atomic E-state index is 0.00857. The summed E-state index contributed by atoms with van der Waals surface area (Å²) in [5.41, 5.74) is 0.475. The second-order valence-electron chi connectivity index (χ2n) is 5.83. The van der Waals surface area contributed by atoms with Gasteiger partial charge in [0.25, 0.3) is 5.91 Å². The molecule has 2 aromatic rings. The van der Waals surface area contributed by atoms with Crippen molar-refractivity contribution in [2.24, 2.45) is 0 Å². The number of carbonyl (C=O) groups excluding carboxylic acids is 1. The molecule has 28 heavy (non-hydrogen) atoms. The average Bonchev–Trinajstić information content (AvgIpc) is 2.90. The van der Waals surface area contributed by atoms with Gasteiger partial charge >= 0.3 is 16.2 Å². The minimum Gasteiger partial charge on any atom is -0.487 e. The van der Waals surface area contributed by atoms with Crippen molar-refractivity contribution in [3.63, 3.8) is 0 Å². The summed E-state index contributed by atoms with van der Waals surface area (Å²) >= 11 is 0. The summed E-state index contributed by atoms with van der Waals surface area (Å²) in [5, 5.41) is 8.75. The van der Waals surface area contributed by atoms with Gasteiger partial charge in [-0.25, -0.2) is 18.2 Å². The van der Waals surface area contributed by atoms with Crippen molar-refractivity contribution in [2.75, 3.05) is 10.8 Å². The van der Waals surface area contributed by atoms with E-state index in [0.29, 0.717) is 4.31 Å². The smallest absolute Gasteiger partial charge is 0.328 e. The summed E-state index contributed by atoms with van der Waals surface area (Å²) in [5.74, 6) is -3.15. The lowest BCUT2D eigenvalue weighted by Gasteiger charge is -2.20. The van der Waals surface area contributed by atoms with Gasteiger partial charge in [0, 0.05) is 6.08 Å². The fourth-order valence-electron chi connectivity index (χ4n) is 2.59. The first-order chi connectivity index (χ1) is 13.3. The second kappa shape index (κ2) is 7.69. The van der Waals surface area contributed by atoms with Crippen LogP contribution in [0.3, 0.4) is 0 Å². The number of hydrogen-bond acceptors (Lipinski definition) is 5. The van der Waals surface area contributed by atoms with Crippen molar-refractivity contribution in [3.05, 3.63) is 65.5 Å². The largest absolute Gasteiger partial charge is 0.487 e. The Morgan fingerprint density at radius 1 is 1.29 bits per heavy atom. The Bertz CT molecular complexity index is 1050. The zero-order chi connectivity index (χ0) is 20.3. The molecular formula is C18H15FN2O6S. The van der Waals surface area contributed by atoms with Crippen LogP contribution in [0.1, 0.15) is 11.1 Å². The number of aliphatic carboxylic acids is 1. The summed E-state index contributed by atoms with van der Waals surface area (Å²) < 4.78 is 47.0. The molecule has 0 atom stereocenters. The normalized spacial score (nSPS) is 15.6. The zero-order valence-electron chi connectivity index (χ0n) is 14.3. The predicted molar refractivity (Wildman–Crippen MR) is 98.3 cm³/mol. The monoisotopic (exact) mass is 406 g/mol. The second-order valence-corrected chi connectivity index (χ2v) is 7.43. The number of nitrogens with one attached hydrogen (secondary N) is 1. The summed E-state index contributed by atoms with van der Waals surface area (Å²) in [6.07, 6.45) is 1.96. The Morgan fingerprint density at radius 2 is 2.00 bits per heavy atom. The van der Waals surface area contributed by atoms with E-state index in [4.69, 9.17) is 9.84 Å². The number of carbonyl (C=O) groups is 2. The van der Waals surface area contributed by atoms with Gasteiger partial charge in [0.15, 0.2) is 5.82 Å². The average molecular weight is 406 g/mol. The van der Waals surface area contributed by atoms with Crippen LogP contribution in [0.25, 0.3) is 6.08 Å². The molecule has 1 saturated heterocycles. The number of benzene rings is 2. The molecule has 1 aliphatic rings. The molecule has 1 fully saturated rings. The number of carboxylic acid groups (broad SMARTS) is 1. The summed E-state index contributed by atoms with van der Waals surface area (Å²) in [4.78, 5) is 22.2. The van der Waals surface area contributed by atoms with Gasteiger partial charge in [0.05, 0.1) is 0 Å². The van der Waals surface area contributed by atoms with Crippen molar-refractivity contribution in [1.29, 1.82) is 0 Å². The molecule has 0 spiro atoms. The molecule has 1 amide bonds. The van der Waals surface area contributed by atoms with E-state index in [-0.39, 0.29) is 17.9 Å². The van der Waals surface area contributed by atoms with E-state index in [9.17, 15) is 22.4 Å². The molecule has 0 aliphatic carbocycles. The van der Waals surface area contributed by atoms with E-state index >= 15 is 0 Å². The number of anilines is 1. The Balaban J connectivity index is 2.04. The molecule has 1 aliphatic heterocycles. The predicted octanol–water partition coefficient (Wildman–Crippen LogP) is 1.68. The highest BCUT2D eigenvalue weighted by Crippen LogP contribution is 2.36. The van der Waals surface area contributed by atoms with Gasteiger partial charge in [-0.3, -0.25) is 4.79 Å². The van der Waals surface area contributed by atoms with Gasteiger partial charge in [-0.15, -0.1) is 0 Å². The first-order valence-electron chi connectivity index (χ1n) is 8.01. The summed E-state index contributed by atoms with van der Waals surface area (Å²) in [7, 11) is -4.25. The van der Waals surface area contributed by atoms with Gasteiger partial charge in [0.1, 0.15) is 24.6 Å². The van der Waals surface area contributed by atoms with Crippen molar-refractivity contribution in [2.45, 2.75) is 6.61 Å². The van der Waals surface area contributed by atoms with E-state index in [0.717, 1.165) is 23.8 Å². The maximum atomic E-state index is 14.8. The van der Waals surface area contributed by atoms with Crippen LogP contribution < -0.4 is 13.8 Å². The van der Waals surface area contributed by atoms with E-state index in [1.54, 1.807) is 35.1 Å². The fourth-order valence-corrected chi connectivity index (χ4v) is 3.76. The number of nitrogens with zero attached hydrogens (tertiary/aromatic N) is 1. The molecule has 0 radical (unpaired) electrons. The van der Waals surface area contributed by atoms with Crippen molar-refractivity contribution in [1.82, 2.24) is 4.72 Å². The number of ether oxygens (including phenoxy) is 1. The summed E-state index contributed by atoms with van der Waals surface area (Å²) in [6.45, 7) is -0.583. The number of halogens is 1. The maximum Gasteiger partial charge on any atom is 0.328 e. The lowest BCUT2D eigenvalue weighted by molar-refractivity contribution is -0.131. The molecule has 3 rings (SSSR count). The van der Waals surface area contributed by atoms with E-state index in [2.05, 4.69) is 0 Å². The molecule has 8 nitrogen and oxygen atoms in total. The quantitative estimate of drug-likeness (QED) is 0.706. The standard InChI is InChI=1S/C18H15FN2O6S/c19-14-8-13(6-7-17(23)24)9-15(27-11-12-4-2-1-3-5-12)18(14)21-10-16(22)20-28(21,25)26/h1-9H,10-11H2,(H,20,22)(H,23,24)/b7-6+. The Labute approximate surface area is 160 Å². The molecule has 0 aromatic heterocycles. The zero-order valence-corrected chi connectivity index (χ0v) is 15.1. The lowest BCUT2D eigenvalue weighted by Crippen LogP contribution is -2.30. The van der Waals surface area contributed by atoms with Gasteiger partial charge in [-0.1, -0.05) is 30.3 Å². The maximum absolute atomic E-state index is 14.8. The highest BCUT2D eigenvalue weighted by molar-refractivity contribution is 7.92. The van der Waals surface area contributed by atoms with E-state index < -0.39 is 40.1 Å². The molecule has 1 heterocycles. The third kappa shape index (κ3) is 4.29. The van der Waals surface area contributed by atoms with Crippen LogP contribution in [-0.4, -0.2) is 31.9 Å². The number of hydrogen-bond donors (Lipinski definition) is 2. The lowest BCUT2D eigenvalue weighted by atomic mass is 10.1. The van der Waals surface area contributed by atoms with E-state index in [1.807, 2.05) is 0 Å². The number of carboxylic acids is 1. The van der Waals surface area contributed by atoms with Crippen LogP contribution in [0, 0.1) is 5.82 Å². The fraction of sp³-hybridized carbons (Fsp3) is 0.111. The van der Waals surface area contributed by atoms with E-state index in [1.165, 1.54) is 6.07 Å². The minimum atomic E-state index is -4.25. The Morgan fingerprint density at radius 3 is 2.61 bits per heavy atom. The molecule has 2 aromatic carbocycles.